The molecule has 3 heterocycles. The second kappa shape index (κ2) is 5.87. The van der Waals surface area contributed by atoms with E-state index in [1.54, 1.807) is 4.57 Å². The Bertz CT molecular complexity index is 592. The van der Waals surface area contributed by atoms with Gasteiger partial charge in [-0.3, -0.25) is 9.36 Å². The summed E-state index contributed by atoms with van der Waals surface area (Å²) >= 11 is 0. The summed E-state index contributed by atoms with van der Waals surface area (Å²) in [4.78, 5) is 26.2. The number of nitrogens with one attached hydrogen (secondary N) is 1. The fourth-order valence-corrected chi connectivity index (χ4v) is 3.57. The third-order valence-electron chi connectivity index (χ3n) is 4.92. The van der Waals surface area contributed by atoms with Gasteiger partial charge in [0.1, 0.15) is 11.4 Å². The maximum Gasteiger partial charge on any atom is 0.343 e. The molecular weight excluding hydrogens is 284 g/mol. The first-order valence-electron chi connectivity index (χ1n) is 8.13. The minimum Gasteiger partial charge on any atom is -0.365 e. The molecular formula is C15H24N4O3. The Kier molecular flexibility index (Phi) is 4.08. The van der Waals surface area contributed by atoms with Gasteiger partial charge in [-0.05, 0) is 39.5 Å². The summed E-state index contributed by atoms with van der Waals surface area (Å²) in [6.07, 6.45) is 3.44. The number of aromatic nitrogens is 3. The van der Waals surface area contributed by atoms with Gasteiger partial charge in [-0.2, -0.15) is 5.10 Å². The summed E-state index contributed by atoms with van der Waals surface area (Å²) in [6.45, 7) is 6.54. The van der Waals surface area contributed by atoms with E-state index in [-0.39, 0.29) is 17.5 Å². The first kappa shape index (κ1) is 15.3. The molecule has 0 radical (unpaired) electrons. The second-order valence-electron chi connectivity index (χ2n) is 6.38. The van der Waals surface area contributed by atoms with E-state index in [1.807, 2.05) is 18.7 Å². The van der Waals surface area contributed by atoms with Crippen LogP contribution in [0.25, 0.3) is 0 Å². The van der Waals surface area contributed by atoms with E-state index < -0.39 is 5.60 Å². The number of nitrogens with zero attached hydrogens (tertiary/aromatic N) is 3. The van der Waals surface area contributed by atoms with Crippen LogP contribution in [0.2, 0.25) is 0 Å². The number of H-pyrrole nitrogens is 1. The van der Waals surface area contributed by atoms with Gasteiger partial charge in [-0.1, -0.05) is 0 Å². The zero-order valence-corrected chi connectivity index (χ0v) is 13.3. The molecule has 1 amide bonds. The lowest BCUT2D eigenvalue weighted by atomic mass is 9.93. The normalized spacial score (nSPS) is 26.5. The molecule has 22 heavy (non-hydrogen) atoms. The lowest BCUT2D eigenvalue weighted by Gasteiger charge is -2.36. The molecule has 0 aliphatic carbocycles. The number of likely N-dealkylation sites (tertiary alicyclic amines) is 1. The molecule has 0 aromatic carbocycles. The lowest BCUT2D eigenvalue weighted by Crippen LogP contribution is -2.49. The number of hydrogen-bond donors (Lipinski definition) is 1. The van der Waals surface area contributed by atoms with Gasteiger partial charge in [0, 0.05) is 32.2 Å². The Labute approximate surface area is 129 Å². The smallest absolute Gasteiger partial charge is 0.343 e. The van der Waals surface area contributed by atoms with E-state index in [0.29, 0.717) is 26.2 Å². The van der Waals surface area contributed by atoms with Crippen molar-refractivity contribution in [1.82, 2.24) is 19.7 Å². The molecule has 0 spiro atoms. The van der Waals surface area contributed by atoms with Crippen molar-refractivity contribution in [3.8, 4) is 0 Å². The van der Waals surface area contributed by atoms with Crippen LogP contribution in [0.4, 0.5) is 0 Å². The molecule has 2 aliphatic heterocycles. The first-order valence-corrected chi connectivity index (χ1v) is 8.13. The van der Waals surface area contributed by atoms with Gasteiger partial charge < -0.3 is 9.64 Å². The van der Waals surface area contributed by atoms with Gasteiger partial charge in [-0.25, -0.2) is 9.89 Å². The van der Waals surface area contributed by atoms with Crippen LogP contribution in [-0.4, -0.2) is 50.9 Å². The largest absolute Gasteiger partial charge is 0.365 e. The van der Waals surface area contributed by atoms with E-state index in [1.165, 1.54) is 0 Å². The molecule has 2 fully saturated rings. The van der Waals surface area contributed by atoms with E-state index in [4.69, 9.17) is 4.74 Å². The Morgan fingerprint density at radius 2 is 2.18 bits per heavy atom. The third kappa shape index (κ3) is 2.58. The molecule has 3 rings (SSSR count). The Morgan fingerprint density at radius 1 is 1.45 bits per heavy atom. The van der Waals surface area contributed by atoms with Gasteiger partial charge in [0.2, 0.25) is 0 Å². The van der Waals surface area contributed by atoms with Gasteiger partial charge in [-0.15, -0.1) is 0 Å². The third-order valence-corrected chi connectivity index (χ3v) is 4.92. The van der Waals surface area contributed by atoms with Crippen LogP contribution in [0, 0.1) is 0 Å². The summed E-state index contributed by atoms with van der Waals surface area (Å²) in [6, 6.07) is 0. The predicted octanol–water partition coefficient (Wildman–Crippen LogP) is 0.866. The topological polar surface area (TPSA) is 80.2 Å². The number of carbonyl (C=O) groups excluding carboxylic acids is 1. The van der Waals surface area contributed by atoms with Crippen LogP contribution in [0.5, 0.6) is 0 Å². The van der Waals surface area contributed by atoms with Crippen molar-refractivity contribution in [2.75, 3.05) is 19.7 Å². The molecule has 2 aliphatic rings. The summed E-state index contributed by atoms with van der Waals surface area (Å²) in [5, 5.41) is 6.70. The predicted molar refractivity (Wildman–Crippen MR) is 80.7 cm³/mol. The Hall–Kier alpha value is -1.63. The van der Waals surface area contributed by atoms with Gasteiger partial charge >= 0.3 is 5.69 Å². The molecule has 7 nitrogen and oxygen atoms in total. The Morgan fingerprint density at radius 3 is 2.77 bits per heavy atom. The zero-order chi connectivity index (χ0) is 15.7. The van der Waals surface area contributed by atoms with Gasteiger partial charge in [0.15, 0.2) is 0 Å². The van der Waals surface area contributed by atoms with Crippen molar-refractivity contribution in [3.05, 3.63) is 16.3 Å². The maximum atomic E-state index is 12.6. The van der Waals surface area contributed by atoms with E-state index >= 15 is 0 Å². The van der Waals surface area contributed by atoms with Crippen molar-refractivity contribution in [2.24, 2.45) is 0 Å². The van der Waals surface area contributed by atoms with Crippen LogP contribution in [-0.2, 0) is 16.1 Å². The number of aromatic amines is 1. The number of piperidine rings is 1. The highest BCUT2D eigenvalue weighted by molar-refractivity contribution is 5.85. The molecule has 7 heteroatoms. The number of amides is 1. The van der Waals surface area contributed by atoms with Crippen LogP contribution in [0.1, 0.15) is 51.3 Å². The van der Waals surface area contributed by atoms with Gasteiger partial charge in [0.05, 0.1) is 0 Å². The van der Waals surface area contributed by atoms with Crippen LogP contribution < -0.4 is 5.69 Å². The van der Waals surface area contributed by atoms with Crippen LogP contribution in [0.15, 0.2) is 4.79 Å². The lowest BCUT2D eigenvalue weighted by molar-refractivity contribution is -0.152. The van der Waals surface area contributed by atoms with Crippen molar-refractivity contribution < 1.29 is 9.53 Å². The average molecular weight is 308 g/mol. The number of carbonyl (C=O) groups is 1. The molecule has 0 bridgehead atoms. The molecule has 0 unspecified atom stereocenters. The summed E-state index contributed by atoms with van der Waals surface area (Å²) in [5.74, 6) is 1.17. The second-order valence-corrected chi connectivity index (χ2v) is 6.38. The Balaban J connectivity index is 1.65. The fourth-order valence-electron chi connectivity index (χ4n) is 3.57. The number of ether oxygens (including phenoxy) is 1. The highest BCUT2D eigenvalue weighted by Crippen LogP contribution is 2.31. The van der Waals surface area contributed by atoms with Crippen molar-refractivity contribution in [2.45, 2.75) is 57.6 Å². The van der Waals surface area contributed by atoms with Crippen LogP contribution in [0.3, 0.4) is 0 Å². The van der Waals surface area contributed by atoms with Crippen molar-refractivity contribution in [3.63, 3.8) is 0 Å². The molecule has 1 N–H and O–H groups in total. The quantitative estimate of drug-likeness (QED) is 0.898. The molecule has 1 aromatic heterocycles. The summed E-state index contributed by atoms with van der Waals surface area (Å²) in [7, 11) is 0. The molecule has 0 saturated carbocycles. The molecule has 2 saturated heterocycles. The monoisotopic (exact) mass is 308 g/mol. The van der Waals surface area contributed by atoms with Crippen molar-refractivity contribution in [1.29, 1.82) is 0 Å². The van der Waals surface area contributed by atoms with E-state index in [2.05, 4.69) is 10.2 Å². The zero-order valence-electron chi connectivity index (χ0n) is 13.3. The fraction of sp³-hybridized carbons (Fsp3) is 0.800. The van der Waals surface area contributed by atoms with Gasteiger partial charge in [0.25, 0.3) is 5.91 Å². The molecule has 1 aromatic rings. The SMILES string of the molecule is CCn1c(C2CCN(C(=O)[C@@]3(C)CCCO3)CC2)n[nH]c1=O. The molecule has 1 atom stereocenters. The minimum atomic E-state index is -0.634. The standard InChI is InChI=1S/C15H24N4O3/c1-3-19-12(16-17-14(19)21)11-5-8-18(9-6-11)13(20)15(2)7-4-10-22-15/h11H,3-10H2,1-2H3,(H,17,21)/t15-/m1/s1. The first-order chi connectivity index (χ1) is 10.5. The number of hydrogen-bond acceptors (Lipinski definition) is 4. The number of rotatable bonds is 3. The minimum absolute atomic E-state index is 0.110. The van der Waals surface area contributed by atoms with E-state index in [9.17, 15) is 9.59 Å². The average Bonchev–Trinajstić information content (AvgIpc) is 3.13. The highest BCUT2D eigenvalue weighted by atomic mass is 16.5. The van der Waals surface area contributed by atoms with Crippen molar-refractivity contribution >= 4 is 5.91 Å². The van der Waals surface area contributed by atoms with Crippen LogP contribution >= 0.6 is 0 Å². The van der Waals surface area contributed by atoms with E-state index in [0.717, 1.165) is 31.5 Å². The summed E-state index contributed by atoms with van der Waals surface area (Å²) in [5.41, 5.74) is -0.784. The highest BCUT2D eigenvalue weighted by Gasteiger charge is 2.41. The maximum absolute atomic E-state index is 12.6. The summed E-state index contributed by atoms with van der Waals surface area (Å²) < 4.78 is 7.34. The molecule has 122 valence electrons.